The van der Waals surface area contributed by atoms with Gasteiger partial charge in [0.25, 0.3) is 0 Å². The van der Waals surface area contributed by atoms with Crippen LogP contribution in [0.5, 0.6) is 0 Å². The number of hydrogen-bond donors (Lipinski definition) is 0. The average molecular weight is 377 g/mol. The molecule has 2 heterocycles. The fraction of sp³-hybridized carbons (Fsp3) is 0.318. The number of nitrogens with zero attached hydrogens (tertiary/aromatic N) is 3. The summed E-state index contributed by atoms with van der Waals surface area (Å²) in [6.07, 6.45) is 2.15. The molecule has 28 heavy (non-hydrogen) atoms. The van der Waals surface area contributed by atoms with Gasteiger partial charge in [0, 0.05) is 19.2 Å². The number of aromatic nitrogens is 2. The molecular weight excluding hydrogens is 354 g/mol. The summed E-state index contributed by atoms with van der Waals surface area (Å²) in [5.74, 6) is 0.455. The molecule has 1 aliphatic rings. The minimum atomic E-state index is -0.379. The van der Waals surface area contributed by atoms with Gasteiger partial charge in [0.15, 0.2) is 5.82 Å². The van der Waals surface area contributed by atoms with Gasteiger partial charge in [0.05, 0.1) is 36.4 Å². The predicted molar refractivity (Wildman–Crippen MR) is 109 cm³/mol. The number of benzene rings is 2. The van der Waals surface area contributed by atoms with E-state index in [0.717, 1.165) is 42.0 Å². The van der Waals surface area contributed by atoms with E-state index < -0.39 is 0 Å². The Labute approximate surface area is 164 Å². The van der Waals surface area contributed by atoms with Crippen molar-refractivity contribution in [3.63, 3.8) is 0 Å². The molecule has 1 aliphatic heterocycles. The van der Waals surface area contributed by atoms with Crippen molar-refractivity contribution in [3.8, 4) is 11.3 Å². The van der Waals surface area contributed by atoms with Crippen LogP contribution in [0.3, 0.4) is 0 Å². The molecule has 1 atom stereocenters. The Kier molecular flexibility index (Phi) is 5.21. The lowest BCUT2D eigenvalue weighted by atomic mass is 10.1. The second kappa shape index (κ2) is 7.94. The SMILES string of the molecule is COCC1CCCN1c1nc2cc(C(=O)OC)ccc2nc1-c1ccccc1. The van der Waals surface area contributed by atoms with Gasteiger partial charge in [-0.15, -0.1) is 0 Å². The van der Waals surface area contributed by atoms with Gasteiger partial charge in [-0.2, -0.15) is 0 Å². The zero-order chi connectivity index (χ0) is 19.5. The largest absolute Gasteiger partial charge is 0.465 e. The van der Waals surface area contributed by atoms with Crippen LogP contribution in [-0.4, -0.2) is 49.4 Å². The zero-order valence-electron chi connectivity index (χ0n) is 16.1. The molecule has 144 valence electrons. The first kappa shape index (κ1) is 18.4. The first-order chi connectivity index (χ1) is 13.7. The molecule has 1 aromatic heterocycles. The lowest BCUT2D eigenvalue weighted by Crippen LogP contribution is -2.34. The second-order valence-corrected chi connectivity index (χ2v) is 6.90. The molecular formula is C22H23N3O3. The van der Waals surface area contributed by atoms with E-state index in [-0.39, 0.29) is 12.0 Å². The summed E-state index contributed by atoms with van der Waals surface area (Å²) in [5, 5.41) is 0. The summed E-state index contributed by atoms with van der Waals surface area (Å²) in [7, 11) is 3.10. The minimum absolute atomic E-state index is 0.267. The van der Waals surface area contributed by atoms with Crippen molar-refractivity contribution < 1.29 is 14.3 Å². The molecule has 0 N–H and O–H groups in total. The third-order valence-corrected chi connectivity index (χ3v) is 5.12. The fourth-order valence-electron chi connectivity index (χ4n) is 3.76. The van der Waals surface area contributed by atoms with Crippen LogP contribution in [0.2, 0.25) is 0 Å². The Hall–Kier alpha value is -2.99. The van der Waals surface area contributed by atoms with E-state index in [1.165, 1.54) is 7.11 Å². The van der Waals surface area contributed by atoms with Crippen LogP contribution in [0.25, 0.3) is 22.3 Å². The Morgan fingerprint density at radius 1 is 1.11 bits per heavy atom. The monoisotopic (exact) mass is 377 g/mol. The summed E-state index contributed by atoms with van der Waals surface area (Å²) in [6.45, 7) is 1.56. The van der Waals surface area contributed by atoms with Crippen LogP contribution in [0, 0.1) is 0 Å². The highest BCUT2D eigenvalue weighted by atomic mass is 16.5. The number of hydrogen-bond acceptors (Lipinski definition) is 6. The maximum absolute atomic E-state index is 11.9. The molecule has 0 aliphatic carbocycles. The lowest BCUT2D eigenvalue weighted by molar-refractivity contribution is 0.0601. The number of methoxy groups -OCH3 is 2. The standard InChI is InChI=1S/C22H23N3O3/c1-27-14-17-9-6-12-25(17)21-20(15-7-4-3-5-8-15)23-18-11-10-16(22(26)28-2)13-19(18)24-21/h3-5,7-8,10-11,13,17H,6,9,12,14H2,1-2H3. The molecule has 6 nitrogen and oxygen atoms in total. The number of ether oxygens (including phenoxy) is 2. The van der Waals surface area contributed by atoms with Crippen molar-refractivity contribution in [3.05, 3.63) is 54.1 Å². The van der Waals surface area contributed by atoms with E-state index in [2.05, 4.69) is 4.90 Å². The smallest absolute Gasteiger partial charge is 0.337 e. The normalized spacial score (nSPS) is 16.5. The van der Waals surface area contributed by atoms with Crippen LogP contribution in [0.4, 0.5) is 5.82 Å². The van der Waals surface area contributed by atoms with Gasteiger partial charge in [0.2, 0.25) is 0 Å². The summed E-state index contributed by atoms with van der Waals surface area (Å²) >= 11 is 0. The zero-order valence-corrected chi connectivity index (χ0v) is 16.1. The first-order valence-corrected chi connectivity index (χ1v) is 9.42. The minimum Gasteiger partial charge on any atom is -0.465 e. The maximum Gasteiger partial charge on any atom is 0.337 e. The van der Waals surface area contributed by atoms with Crippen molar-refractivity contribution in [1.29, 1.82) is 0 Å². The van der Waals surface area contributed by atoms with Crippen molar-refractivity contribution in [1.82, 2.24) is 9.97 Å². The van der Waals surface area contributed by atoms with Gasteiger partial charge in [-0.05, 0) is 31.0 Å². The summed E-state index contributed by atoms with van der Waals surface area (Å²) in [6, 6.07) is 15.6. The number of carbonyl (C=O) groups excluding carboxylic acids is 1. The van der Waals surface area contributed by atoms with Crippen molar-refractivity contribution in [2.24, 2.45) is 0 Å². The molecule has 0 bridgehead atoms. The average Bonchev–Trinajstić information content (AvgIpc) is 3.21. The summed E-state index contributed by atoms with van der Waals surface area (Å²) in [5.41, 5.74) is 3.77. The number of anilines is 1. The molecule has 1 unspecified atom stereocenters. The van der Waals surface area contributed by atoms with Gasteiger partial charge in [-0.1, -0.05) is 30.3 Å². The highest BCUT2D eigenvalue weighted by Crippen LogP contribution is 2.34. The second-order valence-electron chi connectivity index (χ2n) is 6.90. The molecule has 6 heteroatoms. The van der Waals surface area contributed by atoms with Gasteiger partial charge in [0.1, 0.15) is 5.69 Å². The molecule has 3 aromatic rings. The Bertz CT molecular complexity index is 991. The maximum atomic E-state index is 11.9. The third-order valence-electron chi connectivity index (χ3n) is 5.12. The molecule has 2 aromatic carbocycles. The molecule has 4 rings (SSSR count). The van der Waals surface area contributed by atoms with Crippen LogP contribution in [-0.2, 0) is 9.47 Å². The van der Waals surface area contributed by atoms with E-state index in [0.29, 0.717) is 17.7 Å². The van der Waals surface area contributed by atoms with E-state index in [4.69, 9.17) is 19.4 Å². The fourth-order valence-corrected chi connectivity index (χ4v) is 3.76. The molecule has 1 saturated heterocycles. The van der Waals surface area contributed by atoms with E-state index in [1.807, 2.05) is 36.4 Å². The van der Waals surface area contributed by atoms with E-state index in [1.54, 1.807) is 19.2 Å². The van der Waals surface area contributed by atoms with Gasteiger partial charge < -0.3 is 14.4 Å². The third kappa shape index (κ3) is 3.43. The first-order valence-electron chi connectivity index (χ1n) is 9.42. The van der Waals surface area contributed by atoms with Crippen molar-refractivity contribution in [2.75, 3.05) is 32.3 Å². The summed E-state index contributed by atoms with van der Waals surface area (Å²) in [4.78, 5) is 24.1. The number of fused-ring (bicyclic) bond motifs is 1. The van der Waals surface area contributed by atoms with Crippen molar-refractivity contribution >= 4 is 22.8 Å². The quantitative estimate of drug-likeness (QED) is 0.632. The number of carbonyl (C=O) groups is 1. The molecule has 0 spiro atoms. The van der Waals surface area contributed by atoms with Crippen LogP contribution < -0.4 is 4.90 Å². The van der Waals surface area contributed by atoms with E-state index >= 15 is 0 Å². The highest BCUT2D eigenvalue weighted by Gasteiger charge is 2.29. The molecule has 0 radical (unpaired) electrons. The van der Waals surface area contributed by atoms with Crippen molar-refractivity contribution in [2.45, 2.75) is 18.9 Å². The highest BCUT2D eigenvalue weighted by molar-refractivity contribution is 5.94. The van der Waals surface area contributed by atoms with Crippen LogP contribution >= 0.6 is 0 Å². The van der Waals surface area contributed by atoms with Crippen LogP contribution in [0.15, 0.2) is 48.5 Å². The number of rotatable bonds is 5. The number of esters is 1. The van der Waals surface area contributed by atoms with Gasteiger partial charge in [-0.3, -0.25) is 0 Å². The predicted octanol–water partition coefficient (Wildman–Crippen LogP) is 3.70. The topological polar surface area (TPSA) is 64.5 Å². The van der Waals surface area contributed by atoms with Crippen LogP contribution in [0.1, 0.15) is 23.2 Å². The molecule has 0 amide bonds. The summed E-state index contributed by atoms with van der Waals surface area (Å²) < 4.78 is 10.3. The lowest BCUT2D eigenvalue weighted by Gasteiger charge is -2.27. The molecule has 1 fully saturated rings. The Balaban J connectivity index is 1.89. The Morgan fingerprint density at radius 3 is 2.68 bits per heavy atom. The van der Waals surface area contributed by atoms with Gasteiger partial charge in [-0.25, -0.2) is 14.8 Å². The Morgan fingerprint density at radius 2 is 1.93 bits per heavy atom. The molecule has 0 saturated carbocycles. The van der Waals surface area contributed by atoms with E-state index in [9.17, 15) is 4.79 Å². The van der Waals surface area contributed by atoms with Gasteiger partial charge >= 0.3 is 5.97 Å².